The molecule has 1 atom stereocenters. The van der Waals surface area contributed by atoms with Crippen LogP contribution in [0.3, 0.4) is 0 Å². The van der Waals surface area contributed by atoms with Gasteiger partial charge in [-0.05, 0) is 34.5 Å². The fourth-order valence-corrected chi connectivity index (χ4v) is 4.98. The summed E-state index contributed by atoms with van der Waals surface area (Å²) >= 11 is 1.51. The molecule has 1 heterocycles. The van der Waals surface area contributed by atoms with E-state index in [1.54, 1.807) is 0 Å². The quantitative estimate of drug-likeness (QED) is 0.300. The van der Waals surface area contributed by atoms with Gasteiger partial charge < -0.3 is 9.52 Å². The molecule has 0 bridgehead atoms. The second kappa shape index (κ2) is 8.77. The summed E-state index contributed by atoms with van der Waals surface area (Å²) in [4.78, 5) is 14.2. The second-order valence-corrected chi connectivity index (χ2v) is 8.66. The molecule has 4 aromatic carbocycles. The Morgan fingerprint density at radius 3 is 2.09 bits per heavy atom. The molecule has 0 saturated carbocycles. The maximum atomic E-state index is 13.2. The molecule has 1 N–H and O–H groups in total. The predicted molar refractivity (Wildman–Crippen MR) is 130 cm³/mol. The van der Waals surface area contributed by atoms with Crippen molar-refractivity contribution in [2.45, 2.75) is 10.1 Å². The minimum absolute atomic E-state index is 0.0679. The van der Waals surface area contributed by atoms with E-state index in [4.69, 9.17) is 4.42 Å². The maximum Gasteiger partial charge on any atom is 0.344 e. The van der Waals surface area contributed by atoms with Crippen LogP contribution in [-0.4, -0.2) is 5.11 Å². The van der Waals surface area contributed by atoms with Gasteiger partial charge in [-0.3, -0.25) is 0 Å². The largest absolute Gasteiger partial charge is 0.507 e. The summed E-state index contributed by atoms with van der Waals surface area (Å²) in [6.45, 7) is 0. The third kappa shape index (κ3) is 4.05. The Hall–Kier alpha value is -3.76. The number of aromatic hydroxyl groups is 1. The highest BCUT2D eigenvalue weighted by Crippen LogP contribution is 2.43. The van der Waals surface area contributed by atoms with Crippen LogP contribution in [0.15, 0.2) is 123 Å². The van der Waals surface area contributed by atoms with Gasteiger partial charge in [0.25, 0.3) is 0 Å². The molecule has 0 unspecified atom stereocenters. The van der Waals surface area contributed by atoms with E-state index in [0.717, 1.165) is 26.8 Å². The van der Waals surface area contributed by atoms with Gasteiger partial charge >= 0.3 is 5.63 Å². The maximum absolute atomic E-state index is 13.2. The van der Waals surface area contributed by atoms with E-state index in [9.17, 15) is 9.90 Å². The Morgan fingerprint density at radius 1 is 0.719 bits per heavy atom. The Balaban J connectivity index is 1.65. The lowest BCUT2D eigenvalue weighted by atomic mass is 10.0. The lowest BCUT2D eigenvalue weighted by Crippen LogP contribution is -2.12. The molecule has 0 aliphatic carbocycles. The third-order valence-electron chi connectivity index (χ3n) is 5.36. The van der Waals surface area contributed by atoms with Crippen molar-refractivity contribution in [1.82, 2.24) is 0 Å². The van der Waals surface area contributed by atoms with Gasteiger partial charge in [-0.1, -0.05) is 84.9 Å². The topological polar surface area (TPSA) is 50.4 Å². The highest BCUT2D eigenvalue weighted by Gasteiger charge is 2.25. The smallest absolute Gasteiger partial charge is 0.344 e. The number of thioether (sulfide) groups is 1. The second-order valence-electron chi connectivity index (χ2n) is 7.48. The predicted octanol–water partition coefficient (Wildman–Crippen LogP) is 7.05. The van der Waals surface area contributed by atoms with Gasteiger partial charge in [-0.25, -0.2) is 4.79 Å². The summed E-state index contributed by atoms with van der Waals surface area (Å²) in [6, 6.07) is 34.9. The standard InChI is InChI=1S/C28H20O3S/c29-24-18-25(20-10-3-1-4-11-20)31-28(30)26(24)27(32-23-13-5-2-6-14-23)22-16-15-19-9-7-8-12-21(19)17-22/h1-18,27,29H/t27-/m1/s1. The Bertz CT molecular complexity index is 1430. The van der Waals surface area contributed by atoms with Crippen molar-refractivity contribution < 1.29 is 9.52 Å². The van der Waals surface area contributed by atoms with Gasteiger partial charge in [-0.2, -0.15) is 0 Å². The average molecular weight is 437 g/mol. The summed E-state index contributed by atoms with van der Waals surface area (Å²) in [5.41, 5.74) is 1.37. The first-order valence-corrected chi connectivity index (χ1v) is 11.2. The molecule has 32 heavy (non-hydrogen) atoms. The monoisotopic (exact) mass is 436 g/mol. The van der Waals surface area contributed by atoms with Crippen molar-refractivity contribution in [3.63, 3.8) is 0 Å². The van der Waals surface area contributed by atoms with Gasteiger partial charge in [0.2, 0.25) is 0 Å². The van der Waals surface area contributed by atoms with E-state index in [1.807, 2.05) is 91.0 Å². The number of hydrogen-bond acceptors (Lipinski definition) is 4. The molecule has 156 valence electrons. The molecule has 5 aromatic rings. The molecular weight excluding hydrogens is 416 g/mol. The van der Waals surface area contributed by atoms with Gasteiger partial charge in [0.15, 0.2) is 0 Å². The van der Waals surface area contributed by atoms with E-state index >= 15 is 0 Å². The van der Waals surface area contributed by atoms with Crippen molar-refractivity contribution in [2.75, 3.05) is 0 Å². The highest BCUT2D eigenvalue weighted by atomic mass is 32.2. The van der Waals surface area contributed by atoms with Gasteiger partial charge in [0.05, 0.1) is 10.8 Å². The summed E-state index contributed by atoms with van der Waals surface area (Å²) in [5, 5.41) is 12.8. The zero-order valence-electron chi connectivity index (χ0n) is 17.1. The van der Waals surface area contributed by atoms with E-state index in [0.29, 0.717) is 5.76 Å². The lowest BCUT2D eigenvalue weighted by Gasteiger charge is -2.19. The van der Waals surface area contributed by atoms with Crippen LogP contribution in [0, 0.1) is 0 Å². The minimum Gasteiger partial charge on any atom is -0.507 e. The van der Waals surface area contributed by atoms with Gasteiger partial charge in [0, 0.05) is 16.5 Å². The summed E-state index contributed by atoms with van der Waals surface area (Å²) in [7, 11) is 0. The van der Waals surface area contributed by atoms with E-state index in [1.165, 1.54) is 17.8 Å². The normalized spacial score (nSPS) is 12.0. The lowest BCUT2D eigenvalue weighted by molar-refractivity contribution is 0.442. The van der Waals surface area contributed by atoms with Crippen molar-refractivity contribution >= 4 is 22.5 Å². The molecule has 0 amide bonds. The molecule has 5 rings (SSSR count). The van der Waals surface area contributed by atoms with Crippen LogP contribution in [-0.2, 0) is 0 Å². The van der Waals surface area contributed by atoms with Crippen LogP contribution in [0.2, 0.25) is 0 Å². The molecule has 0 radical (unpaired) electrons. The summed E-state index contributed by atoms with van der Waals surface area (Å²) in [5.74, 6) is 0.278. The van der Waals surface area contributed by atoms with Crippen LogP contribution < -0.4 is 5.63 Å². The first kappa shape index (κ1) is 20.2. The minimum atomic E-state index is -0.537. The van der Waals surface area contributed by atoms with Crippen LogP contribution in [0.5, 0.6) is 5.75 Å². The number of benzene rings is 4. The van der Waals surface area contributed by atoms with Crippen LogP contribution >= 0.6 is 11.8 Å². The van der Waals surface area contributed by atoms with Crippen molar-refractivity contribution in [1.29, 1.82) is 0 Å². The number of rotatable bonds is 5. The fourth-order valence-electron chi connectivity index (χ4n) is 3.78. The first-order valence-electron chi connectivity index (χ1n) is 10.3. The SMILES string of the molecule is O=c1oc(-c2ccccc2)cc(O)c1[C@H](Sc1ccccc1)c1ccc2ccccc2c1. The molecule has 0 aliphatic rings. The summed E-state index contributed by atoms with van der Waals surface area (Å²) in [6.07, 6.45) is 0. The van der Waals surface area contributed by atoms with E-state index in [2.05, 4.69) is 12.1 Å². The molecule has 0 spiro atoms. The average Bonchev–Trinajstić information content (AvgIpc) is 2.84. The molecule has 0 aliphatic heterocycles. The summed E-state index contributed by atoms with van der Waals surface area (Å²) < 4.78 is 5.67. The Labute approximate surface area is 190 Å². The molecule has 1 aromatic heterocycles. The Morgan fingerprint density at radius 2 is 1.38 bits per heavy atom. The van der Waals surface area contributed by atoms with Crippen LogP contribution in [0.1, 0.15) is 16.4 Å². The zero-order chi connectivity index (χ0) is 21.9. The highest BCUT2D eigenvalue weighted by molar-refractivity contribution is 7.99. The first-order chi connectivity index (χ1) is 15.7. The van der Waals surface area contributed by atoms with Gasteiger partial charge in [-0.15, -0.1) is 11.8 Å². The molecule has 4 heteroatoms. The van der Waals surface area contributed by atoms with Crippen molar-refractivity contribution in [3.8, 4) is 17.1 Å². The van der Waals surface area contributed by atoms with Crippen molar-refractivity contribution in [2.24, 2.45) is 0 Å². The Kier molecular flexibility index (Phi) is 5.53. The van der Waals surface area contributed by atoms with Crippen LogP contribution in [0.4, 0.5) is 0 Å². The molecular formula is C28H20O3S. The fraction of sp³-hybridized carbons (Fsp3) is 0.0357. The van der Waals surface area contributed by atoms with Gasteiger partial charge in [0.1, 0.15) is 11.5 Å². The van der Waals surface area contributed by atoms with E-state index < -0.39 is 10.9 Å². The number of fused-ring (bicyclic) bond motifs is 1. The zero-order valence-corrected chi connectivity index (χ0v) is 18.0. The van der Waals surface area contributed by atoms with E-state index in [-0.39, 0.29) is 11.3 Å². The van der Waals surface area contributed by atoms with Crippen LogP contribution in [0.25, 0.3) is 22.1 Å². The molecule has 0 saturated heterocycles. The third-order valence-corrected chi connectivity index (χ3v) is 6.65. The van der Waals surface area contributed by atoms with Crippen molar-refractivity contribution in [3.05, 3.63) is 131 Å². The molecule has 3 nitrogen and oxygen atoms in total. The number of hydrogen-bond donors (Lipinski definition) is 1. The molecule has 0 fully saturated rings.